The van der Waals surface area contributed by atoms with Crippen LogP contribution in [-0.4, -0.2) is 65.3 Å². The number of carbonyl (C=O) groups excluding carboxylic acids is 2. The smallest absolute Gasteiger partial charge is 0.254 e. The van der Waals surface area contributed by atoms with E-state index in [2.05, 4.69) is 23.3 Å². The Morgan fingerprint density at radius 3 is 2.58 bits per heavy atom. The molecule has 3 heterocycles. The standard InChI is InChI=1S/C29H32FN3O2S/c1-3-21-7-9-22(10-8-21)29(35)33-15-14-31(18-20(33)2)27(34)19-32-13-11-26-25(12-16-36-26)28(32)23-5-4-6-24(30)17-23/h4-10,12,16-17,20,28H,3,11,13-15,18-19H2,1-2H3/t20-,28-/m1/s1. The molecule has 5 rings (SSSR count). The van der Waals surface area contributed by atoms with E-state index in [1.54, 1.807) is 23.5 Å². The maximum absolute atomic E-state index is 14.1. The fourth-order valence-electron chi connectivity index (χ4n) is 5.41. The minimum Gasteiger partial charge on any atom is -0.338 e. The Morgan fingerprint density at radius 1 is 1.06 bits per heavy atom. The average molecular weight is 506 g/mol. The molecule has 7 heteroatoms. The highest BCUT2D eigenvalue weighted by Crippen LogP contribution is 2.37. The molecule has 0 radical (unpaired) electrons. The second-order valence-electron chi connectivity index (χ2n) is 9.71. The molecule has 2 aromatic carbocycles. The van der Waals surface area contributed by atoms with Gasteiger partial charge in [-0.15, -0.1) is 11.3 Å². The van der Waals surface area contributed by atoms with Crippen LogP contribution in [0.4, 0.5) is 4.39 Å². The molecule has 5 nitrogen and oxygen atoms in total. The highest BCUT2D eigenvalue weighted by molar-refractivity contribution is 7.10. The Morgan fingerprint density at radius 2 is 1.86 bits per heavy atom. The van der Waals surface area contributed by atoms with Gasteiger partial charge in [0.15, 0.2) is 0 Å². The molecule has 1 fully saturated rings. The van der Waals surface area contributed by atoms with Crippen molar-refractivity contribution in [1.82, 2.24) is 14.7 Å². The van der Waals surface area contributed by atoms with Crippen molar-refractivity contribution in [2.45, 2.75) is 38.8 Å². The van der Waals surface area contributed by atoms with Crippen LogP contribution in [0.5, 0.6) is 0 Å². The van der Waals surface area contributed by atoms with E-state index in [1.165, 1.54) is 22.1 Å². The molecule has 3 aromatic rings. The van der Waals surface area contributed by atoms with Gasteiger partial charge in [0, 0.05) is 42.7 Å². The van der Waals surface area contributed by atoms with Crippen molar-refractivity contribution >= 4 is 23.2 Å². The number of hydrogen-bond acceptors (Lipinski definition) is 4. The molecule has 1 aromatic heterocycles. The maximum atomic E-state index is 14.1. The minimum absolute atomic E-state index is 0.0180. The maximum Gasteiger partial charge on any atom is 0.254 e. The number of nitrogens with zero attached hydrogens (tertiary/aromatic N) is 3. The largest absolute Gasteiger partial charge is 0.338 e. The topological polar surface area (TPSA) is 43.9 Å². The van der Waals surface area contributed by atoms with Gasteiger partial charge in [0.2, 0.25) is 5.91 Å². The summed E-state index contributed by atoms with van der Waals surface area (Å²) < 4.78 is 14.1. The predicted molar refractivity (Wildman–Crippen MR) is 141 cm³/mol. The molecular weight excluding hydrogens is 473 g/mol. The summed E-state index contributed by atoms with van der Waals surface area (Å²) >= 11 is 1.73. The normalized spacial score (nSPS) is 20.3. The number of rotatable bonds is 5. The Labute approximate surface area is 216 Å². The van der Waals surface area contributed by atoms with E-state index in [9.17, 15) is 14.0 Å². The fourth-order valence-corrected chi connectivity index (χ4v) is 6.32. The lowest BCUT2D eigenvalue weighted by molar-refractivity contribution is -0.135. The van der Waals surface area contributed by atoms with Crippen molar-refractivity contribution < 1.29 is 14.0 Å². The van der Waals surface area contributed by atoms with Gasteiger partial charge in [0.25, 0.3) is 5.91 Å². The molecule has 0 N–H and O–H groups in total. The lowest BCUT2D eigenvalue weighted by Gasteiger charge is -2.42. The second kappa shape index (κ2) is 10.5. The number of thiophene rings is 1. The number of halogens is 1. The molecule has 0 saturated carbocycles. The van der Waals surface area contributed by atoms with Crippen LogP contribution in [0.2, 0.25) is 0 Å². The second-order valence-corrected chi connectivity index (χ2v) is 10.7. The number of fused-ring (bicyclic) bond motifs is 1. The van der Waals surface area contributed by atoms with Gasteiger partial charge in [-0.3, -0.25) is 14.5 Å². The quantitative estimate of drug-likeness (QED) is 0.502. The molecule has 1 saturated heterocycles. The van der Waals surface area contributed by atoms with Gasteiger partial charge in [-0.1, -0.05) is 31.2 Å². The van der Waals surface area contributed by atoms with Crippen molar-refractivity contribution in [1.29, 1.82) is 0 Å². The lowest BCUT2D eigenvalue weighted by atomic mass is 9.93. The third kappa shape index (κ3) is 4.95. The van der Waals surface area contributed by atoms with Gasteiger partial charge >= 0.3 is 0 Å². The summed E-state index contributed by atoms with van der Waals surface area (Å²) in [6.45, 7) is 6.68. The number of carbonyl (C=O) groups is 2. The van der Waals surface area contributed by atoms with E-state index in [0.717, 1.165) is 24.9 Å². The number of hydrogen-bond donors (Lipinski definition) is 0. The van der Waals surface area contributed by atoms with Gasteiger partial charge in [-0.25, -0.2) is 4.39 Å². The molecule has 36 heavy (non-hydrogen) atoms. The van der Waals surface area contributed by atoms with Crippen molar-refractivity contribution in [3.63, 3.8) is 0 Å². The Balaban J connectivity index is 1.27. The van der Waals surface area contributed by atoms with Crippen LogP contribution in [0, 0.1) is 5.82 Å². The Kier molecular flexibility index (Phi) is 7.21. The number of piperazine rings is 1. The van der Waals surface area contributed by atoms with E-state index in [-0.39, 0.29) is 36.3 Å². The number of benzene rings is 2. The summed E-state index contributed by atoms with van der Waals surface area (Å²) in [7, 11) is 0. The summed E-state index contributed by atoms with van der Waals surface area (Å²) in [5, 5.41) is 2.08. The van der Waals surface area contributed by atoms with Crippen molar-refractivity contribution in [3.8, 4) is 0 Å². The molecule has 0 bridgehead atoms. The summed E-state index contributed by atoms with van der Waals surface area (Å²) in [6, 6.07) is 16.4. The minimum atomic E-state index is -0.264. The molecular formula is C29H32FN3O2S. The third-order valence-electron chi connectivity index (χ3n) is 7.42. The molecule has 2 aliphatic heterocycles. The van der Waals surface area contributed by atoms with E-state index < -0.39 is 0 Å². The predicted octanol–water partition coefficient (Wildman–Crippen LogP) is 4.77. The molecule has 2 atom stereocenters. The first-order valence-electron chi connectivity index (χ1n) is 12.7. The summed E-state index contributed by atoms with van der Waals surface area (Å²) in [5.74, 6) is -0.189. The van der Waals surface area contributed by atoms with Gasteiger partial charge in [-0.2, -0.15) is 0 Å². The van der Waals surface area contributed by atoms with E-state index >= 15 is 0 Å². The molecule has 2 aliphatic rings. The first kappa shape index (κ1) is 24.7. The van der Waals surface area contributed by atoms with Crippen molar-refractivity contribution in [2.75, 3.05) is 32.7 Å². The number of aryl methyl sites for hydroxylation is 1. The van der Waals surface area contributed by atoms with Crippen LogP contribution in [-0.2, 0) is 17.6 Å². The van der Waals surface area contributed by atoms with Gasteiger partial charge in [0.05, 0.1) is 12.6 Å². The number of amides is 2. The fraction of sp³-hybridized carbons (Fsp3) is 0.379. The van der Waals surface area contributed by atoms with Crippen molar-refractivity contribution in [2.24, 2.45) is 0 Å². The highest BCUT2D eigenvalue weighted by Gasteiger charge is 2.34. The lowest BCUT2D eigenvalue weighted by Crippen LogP contribution is -2.57. The molecule has 0 unspecified atom stereocenters. The first-order valence-corrected chi connectivity index (χ1v) is 13.6. The van der Waals surface area contributed by atoms with Crippen molar-refractivity contribution in [3.05, 3.63) is 92.9 Å². The summed E-state index contributed by atoms with van der Waals surface area (Å²) in [4.78, 5) is 33.8. The van der Waals surface area contributed by atoms with Crippen LogP contribution >= 0.6 is 11.3 Å². The molecule has 0 spiro atoms. The summed E-state index contributed by atoms with van der Waals surface area (Å²) in [5.41, 5.74) is 3.94. The van der Waals surface area contributed by atoms with Crippen LogP contribution in [0.3, 0.4) is 0 Å². The van der Waals surface area contributed by atoms with Crippen LogP contribution < -0.4 is 0 Å². The molecule has 188 valence electrons. The molecule has 2 amide bonds. The monoisotopic (exact) mass is 505 g/mol. The zero-order valence-corrected chi connectivity index (χ0v) is 21.6. The Bertz CT molecular complexity index is 1240. The average Bonchev–Trinajstić information content (AvgIpc) is 3.37. The first-order chi connectivity index (χ1) is 17.4. The van der Waals surface area contributed by atoms with Gasteiger partial charge < -0.3 is 9.80 Å². The van der Waals surface area contributed by atoms with E-state index in [4.69, 9.17) is 0 Å². The molecule has 0 aliphatic carbocycles. The van der Waals surface area contributed by atoms with E-state index in [1.807, 2.05) is 47.1 Å². The van der Waals surface area contributed by atoms with E-state index in [0.29, 0.717) is 25.2 Å². The third-order valence-corrected chi connectivity index (χ3v) is 8.42. The van der Waals surface area contributed by atoms with Gasteiger partial charge in [-0.05, 0) is 72.2 Å². The highest BCUT2D eigenvalue weighted by atomic mass is 32.1. The zero-order chi connectivity index (χ0) is 25.2. The SMILES string of the molecule is CCc1ccc(C(=O)N2CCN(C(=O)CN3CCc4sccc4[C@H]3c3cccc(F)c3)C[C@H]2C)cc1. The van der Waals surface area contributed by atoms with Crippen LogP contribution in [0.25, 0.3) is 0 Å². The zero-order valence-electron chi connectivity index (χ0n) is 20.8. The van der Waals surface area contributed by atoms with Crippen LogP contribution in [0.15, 0.2) is 60.0 Å². The summed E-state index contributed by atoms with van der Waals surface area (Å²) in [6.07, 6.45) is 1.83. The van der Waals surface area contributed by atoms with Crippen LogP contribution in [0.1, 0.15) is 51.8 Å². The Hall–Kier alpha value is -3.03. The van der Waals surface area contributed by atoms with Gasteiger partial charge in [0.1, 0.15) is 5.82 Å².